The highest BCUT2D eigenvalue weighted by Crippen LogP contribution is 2.31. The Kier molecular flexibility index (Phi) is 5.38. The summed E-state index contributed by atoms with van der Waals surface area (Å²) in [5.41, 5.74) is 0. The van der Waals surface area contributed by atoms with Crippen LogP contribution >= 0.6 is 11.8 Å². The summed E-state index contributed by atoms with van der Waals surface area (Å²) < 4.78 is 26.7. The van der Waals surface area contributed by atoms with E-state index >= 15 is 0 Å². The Bertz CT molecular complexity index is 652. The van der Waals surface area contributed by atoms with E-state index in [9.17, 15) is 13.2 Å². The number of rotatable bonds is 4. The van der Waals surface area contributed by atoms with Crippen molar-refractivity contribution in [2.24, 2.45) is 0 Å². The molecule has 0 aromatic carbocycles. The fourth-order valence-corrected chi connectivity index (χ4v) is 5.61. The summed E-state index contributed by atoms with van der Waals surface area (Å²) in [4.78, 5) is 16.4. The lowest BCUT2D eigenvalue weighted by Crippen LogP contribution is -2.35. The number of ketones is 1. The number of Topliss-reactive ketones (excluding diaryl/α,β-unsaturated/α-hetero) is 1. The fraction of sp³-hybridized carbons (Fsp3) is 0.625. The number of hydrogen-bond acceptors (Lipinski definition) is 5. The molecule has 1 aliphatic heterocycles. The van der Waals surface area contributed by atoms with Gasteiger partial charge in [-0.1, -0.05) is 24.6 Å². The van der Waals surface area contributed by atoms with E-state index in [0.29, 0.717) is 19.5 Å². The van der Waals surface area contributed by atoms with Gasteiger partial charge < -0.3 is 0 Å². The molecular weight excluding hydrogens is 332 g/mol. The number of pyridine rings is 1. The van der Waals surface area contributed by atoms with Crippen molar-refractivity contribution in [3.63, 3.8) is 0 Å². The molecule has 23 heavy (non-hydrogen) atoms. The van der Waals surface area contributed by atoms with E-state index in [1.165, 1.54) is 18.0 Å². The van der Waals surface area contributed by atoms with Gasteiger partial charge >= 0.3 is 0 Å². The summed E-state index contributed by atoms with van der Waals surface area (Å²) in [5.74, 6) is 0.285. The van der Waals surface area contributed by atoms with E-state index in [0.717, 1.165) is 43.6 Å². The Hall–Kier alpha value is -0.920. The van der Waals surface area contributed by atoms with E-state index in [1.807, 2.05) is 0 Å². The molecule has 0 spiro atoms. The highest BCUT2D eigenvalue weighted by molar-refractivity contribution is 8.00. The summed E-state index contributed by atoms with van der Waals surface area (Å²) in [5, 5.41) is 0.698. The first-order chi connectivity index (χ1) is 11.1. The minimum Gasteiger partial charge on any atom is -0.298 e. The van der Waals surface area contributed by atoms with Gasteiger partial charge in [-0.25, -0.2) is 13.4 Å². The van der Waals surface area contributed by atoms with Crippen molar-refractivity contribution in [2.75, 3.05) is 13.1 Å². The van der Waals surface area contributed by atoms with Crippen LogP contribution < -0.4 is 0 Å². The molecule has 5 nitrogen and oxygen atoms in total. The van der Waals surface area contributed by atoms with Gasteiger partial charge in [-0.2, -0.15) is 4.31 Å². The topological polar surface area (TPSA) is 67.3 Å². The molecule has 1 aliphatic carbocycles. The first-order valence-corrected chi connectivity index (χ1v) is 10.5. The standard InChI is InChI=1S/C16H22N2O3S2/c19-14-6-2-3-7-15(14)22-16-9-8-13(12-17-16)23(20,21)18-10-4-1-5-11-18/h8-9,12,15H,1-7,10-11H2. The number of sulfonamides is 1. The second-order valence-electron chi connectivity index (χ2n) is 6.12. The largest absolute Gasteiger partial charge is 0.298 e. The number of aromatic nitrogens is 1. The number of hydrogen-bond donors (Lipinski definition) is 0. The van der Waals surface area contributed by atoms with Crippen LogP contribution in [0, 0.1) is 0 Å². The van der Waals surface area contributed by atoms with Gasteiger partial charge in [0, 0.05) is 25.7 Å². The van der Waals surface area contributed by atoms with Gasteiger partial charge in [0.25, 0.3) is 0 Å². The molecule has 0 N–H and O–H groups in total. The first kappa shape index (κ1) is 16.9. The lowest BCUT2D eigenvalue weighted by atomic mass is 9.99. The summed E-state index contributed by atoms with van der Waals surface area (Å²) in [7, 11) is -3.43. The lowest BCUT2D eigenvalue weighted by molar-refractivity contribution is -0.119. The van der Waals surface area contributed by atoms with Crippen molar-refractivity contribution in [3.05, 3.63) is 18.3 Å². The van der Waals surface area contributed by atoms with Crippen LogP contribution in [0.4, 0.5) is 0 Å². The highest BCUT2D eigenvalue weighted by Gasteiger charge is 2.27. The van der Waals surface area contributed by atoms with Gasteiger partial charge in [0.15, 0.2) is 0 Å². The maximum Gasteiger partial charge on any atom is 0.244 e. The normalized spacial score (nSPS) is 23.8. The molecule has 3 rings (SSSR count). The van der Waals surface area contributed by atoms with E-state index < -0.39 is 10.0 Å². The molecule has 0 radical (unpaired) electrons. The third-order valence-electron chi connectivity index (χ3n) is 4.42. The molecule has 0 amide bonds. The quantitative estimate of drug-likeness (QED) is 0.832. The predicted octanol–water partition coefficient (Wildman–Crippen LogP) is 2.86. The summed E-state index contributed by atoms with van der Waals surface area (Å²) in [6.07, 6.45) is 7.96. The Labute approximate surface area is 141 Å². The first-order valence-electron chi connectivity index (χ1n) is 8.23. The van der Waals surface area contributed by atoms with Gasteiger partial charge in [0.05, 0.1) is 10.3 Å². The number of nitrogens with zero attached hydrogens (tertiary/aromatic N) is 2. The van der Waals surface area contributed by atoms with Gasteiger partial charge in [-0.15, -0.1) is 0 Å². The predicted molar refractivity (Wildman–Crippen MR) is 90.0 cm³/mol. The second-order valence-corrected chi connectivity index (χ2v) is 9.28. The lowest BCUT2D eigenvalue weighted by Gasteiger charge is -2.25. The Balaban J connectivity index is 1.70. The van der Waals surface area contributed by atoms with Crippen molar-refractivity contribution in [2.45, 2.75) is 60.1 Å². The van der Waals surface area contributed by atoms with Crippen LogP contribution in [0.25, 0.3) is 0 Å². The van der Waals surface area contributed by atoms with E-state index in [-0.39, 0.29) is 15.9 Å². The van der Waals surface area contributed by atoms with Gasteiger partial charge in [-0.3, -0.25) is 4.79 Å². The minimum atomic E-state index is -3.43. The molecule has 1 aromatic heterocycles. The molecule has 2 fully saturated rings. The molecule has 2 heterocycles. The van der Waals surface area contributed by atoms with Gasteiger partial charge in [0.1, 0.15) is 10.7 Å². The molecule has 126 valence electrons. The van der Waals surface area contributed by atoms with Gasteiger partial charge in [0.2, 0.25) is 10.0 Å². The van der Waals surface area contributed by atoms with Crippen molar-refractivity contribution < 1.29 is 13.2 Å². The van der Waals surface area contributed by atoms with Crippen molar-refractivity contribution in [1.29, 1.82) is 0 Å². The van der Waals surface area contributed by atoms with Gasteiger partial charge in [-0.05, 0) is 37.8 Å². The molecule has 1 unspecified atom stereocenters. The third-order valence-corrected chi connectivity index (χ3v) is 7.57. The van der Waals surface area contributed by atoms with E-state index in [2.05, 4.69) is 4.98 Å². The van der Waals surface area contributed by atoms with Crippen LogP contribution in [0.3, 0.4) is 0 Å². The molecule has 7 heteroatoms. The molecule has 1 atom stereocenters. The Morgan fingerprint density at radius 2 is 1.87 bits per heavy atom. The molecule has 1 saturated carbocycles. The third kappa shape index (κ3) is 3.95. The summed E-state index contributed by atoms with van der Waals surface area (Å²) in [6, 6.07) is 3.34. The average molecular weight is 354 g/mol. The van der Waals surface area contributed by atoms with Crippen molar-refractivity contribution >= 4 is 27.6 Å². The molecular formula is C16H22N2O3S2. The number of carbonyl (C=O) groups is 1. The minimum absolute atomic E-state index is 0.0270. The number of carbonyl (C=O) groups excluding carboxylic acids is 1. The maximum absolute atomic E-state index is 12.6. The van der Waals surface area contributed by atoms with Crippen LogP contribution in [0.1, 0.15) is 44.9 Å². The van der Waals surface area contributed by atoms with Crippen LogP contribution in [0.5, 0.6) is 0 Å². The van der Waals surface area contributed by atoms with Crippen LogP contribution in [-0.2, 0) is 14.8 Å². The van der Waals surface area contributed by atoms with Crippen LogP contribution in [0.2, 0.25) is 0 Å². The van der Waals surface area contributed by atoms with Crippen LogP contribution in [0.15, 0.2) is 28.3 Å². The smallest absolute Gasteiger partial charge is 0.244 e. The Morgan fingerprint density at radius 1 is 1.09 bits per heavy atom. The molecule has 2 aliphatic rings. The zero-order valence-electron chi connectivity index (χ0n) is 13.1. The monoisotopic (exact) mass is 354 g/mol. The molecule has 1 saturated heterocycles. The number of piperidine rings is 1. The summed E-state index contributed by atoms with van der Waals surface area (Å²) >= 11 is 1.46. The maximum atomic E-state index is 12.6. The fourth-order valence-electron chi connectivity index (χ4n) is 3.06. The zero-order valence-corrected chi connectivity index (χ0v) is 14.7. The highest BCUT2D eigenvalue weighted by atomic mass is 32.2. The van der Waals surface area contributed by atoms with E-state index in [1.54, 1.807) is 16.4 Å². The molecule has 0 bridgehead atoms. The zero-order chi connectivity index (χ0) is 16.3. The Morgan fingerprint density at radius 3 is 2.52 bits per heavy atom. The van der Waals surface area contributed by atoms with Crippen LogP contribution in [-0.4, -0.2) is 41.8 Å². The second kappa shape index (κ2) is 7.32. The molecule has 1 aromatic rings. The summed E-state index contributed by atoms with van der Waals surface area (Å²) in [6.45, 7) is 1.19. The van der Waals surface area contributed by atoms with Crippen molar-refractivity contribution in [3.8, 4) is 0 Å². The van der Waals surface area contributed by atoms with E-state index in [4.69, 9.17) is 0 Å². The number of thioether (sulfide) groups is 1. The average Bonchev–Trinajstić information content (AvgIpc) is 2.58. The van der Waals surface area contributed by atoms with Crippen molar-refractivity contribution in [1.82, 2.24) is 9.29 Å². The SMILES string of the molecule is O=C1CCCCC1Sc1ccc(S(=O)(=O)N2CCCCC2)cn1.